The molecule has 6 heteroatoms. The van der Waals surface area contributed by atoms with Crippen molar-refractivity contribution in [2.75, 3.05) is 13.1 Å². The molecule has 24 heavy (non-hydrogen) atoms. The highest BCUT2D eigenvalue weighted by molar-refractivity contribution is 6.30. The Morgan fingerprint density at radius 3 is 3.04 bits per heavy atom. The standard InChI is InChI=1S/C18H19ClN4O/c1-12-7-17-20-16(9-18(24)23(17)21-12)11-22-6-5-14(10-22)13-3-2-4-15(19)8-13/h2-4,7-9,14,21H,5-6,10-11H2,1H3/t14-/m1/s1. The molecule has 124 valence electrons. The van der Waals surface area contributed by atoms with Crippen LogP contribution in [-0.2, 0) is 6.54 Å². The lowest BCUT2D eigenvalue weighted by Gasteiger charge is -2.15. The van der Waals surface area contributed by atoms with Crippen molar-refractivity contribution in [1.29, 1.82) is 0 Å². The average Bonchev–Trinajstić information content (AvgIpc) is 3.14. The van der Waals surface area contributed by atoms with E-state index in [1.165, 1.54) is 10.1 Å². The van der Waals surface area contributed by atoms with Crippen molar-refractivity contribution in [2.24, 2.45) is 0 Å². The third-order valence-electron chi connectivity index (χ3n) is 4.61. The maximum absolute atomic E-state index is 12.2. The van der Waals surface area contributed by atoms with E-state index >= 15 is 0 Å². The van der Waals surface area contributed by atoms with Gasteiger partial charge >= 0.3 is 0 Å². The third kappa shape index (κ3) is 2.97. The molecule has 1 aliphatic heterocycles. The fraction of sp³-hybridized carbons (Fsp3) is 0.333. The molecule has 0 aliphatic carbocycles. The molecule has 2 aromatic heterocycles. The van der Waals surface area contributed by atoms with E-state index in [4.69, 9.17) is 11.6 Å². The average molecular weight is 343 g/mol. The number of benzene rings is 1. The van der Waals surface area contributed by atoms with Gasteiger partial charge in [-0.2, -0.15) is 0 Å². The Kier molecular flexibility index (Phi) is 3.90. The number of H-pyrrole nitrogens is 1. The number of likely N-dealkylation sites (tertiary alicyclic amines) is 1. The number of nitrogens with zero attached hydrogens (tertiary/aromatic N) is 3. The Hall–Kier alpha value is -2.11. The lowest BCUT2D eigenvalue weighted by molar-refractivity contribution is 0.322. The van der Waals surface area contributed by atoms with Crippen molar-refractivity contribution >= 4 is 17.2 Å². The second-order valence-electron chi connectivity index (χ2n) is 6.49. The molecular weight excluding hydrogens is 324 g/mol. The number of aromatic amines is 1. The molecule has 1 saturated heterocycles. The minimum Gasteiger partial charge on any atom is -0.297 e. The number of nitrogens with one attached hydrogen (secondary N) is 1. The van der Waals surface area contributed by atoms with Gasteiger partial charge in [-0.05, 0) is 43.5 Å². The first-order valence-corrected chi connectivity index (χ1v) is 8.52. The summed E-state index contributed by atoms with van der Waals surface area (Å²) >= 11 is 6.10. The molecule has 0 bridgehead atoms. The first-order valence-electron chi connectivity index (χ1n) is 8.14. The van der Waals surface area contributed by atoms with Crippen LogP contribution in [0.3, 0.4) is 0 Å². The molecule has 1 aromatic carbocycles. The van der Waals surface area contributed by atoms with Gasteiger partial charge in [-0.15, -0.1) is 0 Å². The van der Waals surface area contributed by atoms with E-state index in [2.05, 4.69) is 27.1 Å². The van der Waals surface area contributed by atoms with Gasteiger partial charge in [0, 0.05) is 35.9 Å². The van der Waals surface area contributed by atoms with Crippen molar-refractivity contribution in [3.63, 3.8) is 0 Å². The van der Waals surface area contributed by atoms with Crippen LogP contribution in [0.1, 0.15) is 29.3 Å². The van der Waals surface area contributed by atoms with Crippen molar-refractivity contribution in [2.45, 2.75) is 25.8 Å². The molecule has 1 fully saturated rings. The Morgan fingerprint density at radius 2 is 2.21 bits per heavy atom. The van der Waals surface area contributed by atoms with Crippen LogP contribution in [0, 0.1) is 6.92 Å². The van der Waals surface area contributed by atoms with E-state index in [9.17, 15) is 4.79 Å². The van der Waals surface area contributed by atoms with Crippen LogP contribution in [0.25, 0.3) is 5.65 Å². The minimum atomic E-state index is -0.0614. The number of rotatable bonds is 3. The van der Waals surface area contributed by atoms with E-state index in [-0.39, 0.29) is 5.56 Å². The van der Waals surface area contributed by atoms with Crippen LogP contribution >= 0.6 is 11.6 Å². The summed E-state index contributed by atoms with van der Waals surface area (Å²) in [6, 6.07) is 11.6. The SMILES string of the molecule is Cc1cc2nc(CN3CC[C@@H](c4cccc(Cl)c4)C3)cc(=O)n2[nH]1. The summed E-state index contributed by atoms with van der Waals surface area (Å²) < 4.78 is 1.48. The monoisotopic (exact) mass is 342 g/mol. The quantitative estimate of drug-likeness (QED) is 0.796. The number of hydrogen-bond acceptors (Lipinski definition) is 3. The molecule has 0 radical (unpaired) electrons. The molecule has 5 nitrogen and oxygen atoms in total. The molecule has 1 atom stereocenters. The highest BCUT2D eigenvalue weighted by Gasteiger charge is 2.24. The summed E-state index contributed by atoms with van der Waals surface area (Å²) in [5, 5.41) is 3.78. The highest BCUT2D eigenvalue weighted by atomic mass is 35.5. The third-order valence-corrected chi connectivity index (χ3v) is 4.84. The second-order valence-corrected chi connectivity index (χ2v) is 6.93. The van der Waals surface area contributed by atoms with Crippen molar-refractivity contribution in [3.8, 4) is 0 Å². The zero-order chi connectivity index (χ0) is 16.7. The molecule has 1 N–H and O–H groups in total. The highest BCUT2D eigenvalue weighted by Crippen LogP contribution is 2.29. The maximum Gasteiger partial charge on any atom is 0.272 e. The van der Waals surface area contributed by atoms with Crippen LogP contribution in [-0.4, -0.2) is 32.6 Å². The molecule has 3 aromatic rings. The zero-order valence-electron chi connectivity index (χ0n) is 13.5. The Labute approximate surface area is 144 Å². The predicted octanol–water partition coefficient (Wildman–Crippen LogP) is 2.97. The lowest BCUT2D eigenvalue weighted by Crippen LogP contribution is -2.23. The van der Waals surface area contributed by atoms with Crippen LogP contribution in [0.2, 0.25) is 5.02 Å². The number of hydrogen-bond donors (Lipinski definition) is 1. The van der Waals surface area contributed by atoms with E-state index in [0.717, 1.165) is 35.9 Å². The molecule has 3 heterocycles. The van der Waals surface area contributed by atoms with E-state index in [0.29, 0.717) is 18.1 Å². The van der Waals surface area contributed by atoms with E-state index < -0.39 is 0 Å². The van der Waals surface area contributed by atoms with Gasteiger partial charge in [0.2, 0.25) is 0 Å². The fourth-order valence-corrected chi connectivity index (χ4v) is 3.68. The minimum absolute atomic E-state index is 0.0614. The fourth-order valence-electron chi connectivity index (χ4n) is 3.48. The van der Waals surface area contributed by atoms with E-state index in [1.54, 1.807) is 6.07 Å². The maximum atomic E-state index is 12.2. The zero-order valence-corrected chi connectivity index (χ0v) is 14.3. The van der Waals surface area contributed by atoms with Gasteiger partial charge in [-0.1, -0.05) is 23.7 Å². The summed E-state index contributed by atoms with van der Waals surface area (Å²) in [4.78, 5) is 19.1. The Bertz CT molecular complexity index is 946. The number of halogens is 1. The summed E-state index contributed by atoms with van der Waals surface area (Å²) in [6.07, 6.45) is 1.10. The molecular formula is C18H19ClN4O. The molecule has 0 unspecified atom stereocenters. The number of aryl methyl sites for hydroxylation is 1. The van der Waals surface area contributed by atoms with Crippen LogP contribution in [0.15, 0.2) is 41.2 Å². The Morgan fingerprint density at radius 1 is 1.33 bits per heavy atom. The van der Waals surface area contributed by atoms with Gasteiger partial charge in [-0.3, -0.25) is 14.8 Å². The predicted molar refractivity (Wildman–Crippen MR) is 94.6 cm³/mol. The summed E-state index contributed by atoms with van der Waals surface area (Å²) in [7, 11) is 0. The van der Waals surface area contributed by atoms with Gasteiger partial charge in [-0.25, -0.2) is 9.50 Å². The summed E-state index contributed by atoms with van der Waals surface area (Å²) in [5.74, 6) is 0.489. The van der Waals surface area contributed by atoms with Crippen LogP contribution in [0.4, 0.5) is 0 Å². The summed E-state index contributed by atoms with van der Waals surface area (Å²) in [5.41, 5.74) is 3.66. The topological polar surface area (TPSA) is 53.4 Å². The second kappa shape index (κ2) is 6.07. The van der Waals surface area contributed by atoms with Gasteiger partial charge < -0.3 is 0 Å². The van der Waals surface area contributed by atoms with Gasteiger partial charge in [0.15, 0.2) is 5.65 Å². The van der Waals surface area contributed by atoms with Gasteiger partial charge in [0.05, 0.1) is 5.69 Å². The number of aromatic nitrogens is 3. The van der Waals surface area contributed by atoms with Gasteiger partial charge in [0.1, 0.15) is 0 Å². The summed E-state index contributed by atoms with van der Waals surface area (Å²) in [6.45, 7) is 4.59. The number of fused-ring (bicyclic) bond motifs is 1. The first-order chi connectivity index (χ1) is 11.6. The molecule has 4 rings (SSSR count). The van der Waals surface area contributed by atoms with Crippen LogP contribution < -0.4 is 5.56 Å². The van der Waals surface area contributed by atoms with Crippen LogP contribution in [0.5, 0.6) is 0 Å². The van der Waals surface area contributed by atoms with Crippen molar-refractivity contribution < 1.29 is 0 Å². The van der Waals surface area contributed by atoms with Gasteiger partial charge in [0.25, 0.3) is 5.56 Å². The molecule has 0 amide bonds. The first kappa shape index (κ1) is 15.4. The Balaban J connectivity index is 1.51. The molecule has 0 saturated carbocycles. The van der Waals surface area contributed by atoms with Crippen molar-refractivity contribution in [1.82, 2.24) is 19.5 Å². The lowest BCUT2D eigenvalue weighted by atomic mass is 9.99. The molecule has 1 aliphatic rings. The normalized spacial score (nSPS) is 18.5. The smallest absolute Gasteiger partial charge is 0.272 e. The molecule has 0 spiro atoms. The van der Waals surface area contributed by atoms with Crippen molar-refractivity contribution in [3.05, 3.63) is 68.7 Å². The largest absolute Gasteiger partial charge is 0.297 e. The van der Waals surface area contributed by atoms with E-state index in [1.807, 2.05) is 25.1 Å².